The zero-order chi connectivity index (χ0) is 18.8. The summed E-state index contributed by atoms with van der Waals surface area (Å²) in [6.07, 6.45) is 1.88. The van der Waals surface area contributed by atoms with E-state index < -0.39 is 0 Å². The molecule has 1 aliphatic heterocycles. The zero-order valence-corrected chi connectivity index (χ0v) is 17.5. The van der Waals surface area contributed by atoms with Crippen LogP contribution in [0.15, 0.2) is 50.8 Å². The van der Waals surface area contributed by atoms with Crippen LogP contribution >= 0.6 is 27.7 Å². The summed E-state index contributed by atoms with van der Waals surface area (Å²) in [6, 6.07) is 12.1. The highest BCUT2D eigenvalue weighted by Gasteiger charge is 2.24. The molecule has 0 aliphatic carbocycles. The summed E-state index contributed by atoms with van der Waals surface area (Å²) in [5.41, 5.74) is 5.22. The molecule has 134 valence electrons. The van der Waals surface area contributed by atoms with Gasteiger partial charge in [0.1, 0.15) is 0 Å². The predicted molar refractivity (Wildman–Crippen MR) is 115 cm³/mol. The van der Waals surface area contributed by atoms with Crippen LogP contribution in [0.2, 0.25) is 0 Å². The molecule has 1 saturated heterocycles. The number of rotatable bonds is 3. The van der Waals surface area contributed by atoms with Gasteiger partial charge in [0.2, 0.25) is 0 Å². The standard InChI is InChI=1S/C20H20BrN3OS/c1-12-5-7-16(13(2)9-12)22-20-23-19(25)18(26-20)11-14-6-8-17(24(3)4)15(21)10-14/h5-11H,1-4H3,(H,22,23,25)/b18-11+. The third-order valence-corrected chi connectivity index (χ3v) is 5.52. The number of hydrogen-bond donors (Lipinski definition) is 1. The van der Waals surface area contributed by atoms with E-state index in [4.69, 9.17) is 0 Å². The number of benzene rings is 2. The molecule has 6 heteroatoms. The molecule has 1 heterocycles. The third-order valence-electron chi connectivity index (χ3n) is 3.98. The van der Waals surface area contributed by atoms with Crippen molar-refractivity contribution >= 4 is 56.2 Å². The van der Waals surface area contributed by atoms with Crippen LogP contribution in [0.1, 0.15) is 16.7 Å². The van der Waals surface area contributed by atoms with Crippen molar-refractivity contribution in [1.82, 2.24) is 5.32 Å². The number of nitrogens with one attached hydrogen (secondary N) is 1. The van der Waals surface area contributed by atoms with Gasteiger partial charge in [-0.1, -0.05) is 23.8 Å². The van der Waals surface area contributed by atoms with Gasteiger partial charge in [-0.25, -0.2) is 4.99 Å². The number of hydrogen-bond acceptors (Lipinski definition) is 4. The minimum Gasteiger partial charge on any atom is -0.377 e. The minimum atomic E-state index is -0.119. The predicted octanol–water partition coefficient (Wildman–Crippen LogP) is 5.02. The first-order valence-electron chi connectivity index (χ1n) is 8.17. The highest BCUT2D eigenvalue weighted by Crippen LogP contribution is 2.31. The average Bonchev–Trinajstić information content (AvgIpc) is 2.89. The van der Waals surface area contributed by atoms with E-state index in [-0.39, 0.29) is 5.91 Å². The lowest BCUT2D eigenvalue weighted by Gasteiger charge is -2.14. The van der Waals surface area contributed by atoms with Gasteiger partial charge in [0.25, 0.3) is 5.91 Å². The molecule has 0 atom stereocenters. The Hall–Kier alpha value is -2.05. The molecule has 1 aliphatic rings. The number of amides is 1. The number of aliphatic imine (C=N–C) groups is 1. The third kappa shape index (κ3) is 4.19. The quantitative estimate of drug-likeness (QED) is 0.696. The van der Waals surface area contributed by atoms with Crippen LogP contribution in [-0.4, -0.2) is 25.2 Å². The summed E-state index contributed by atoms with van der Waals surface area (Å²) in [6.45, 7) is 4.07. The first-order valence-corrected chi connectivity index (χ1v) is 9.78. The van der Waals surface area contributed by atoms with Gasteiger partial charge in [-0.3, -0.25) is 4.79 Å². The molecule has 4 nitrogen and oxygen atoms in total. The molecular formula is C20H20BrN3OS. The van der Waals surface area contributed by atoms with Gasteiger partial charge in [-0.2, -0.15) is 0 Å². The smallest absolute Gasteiger partial charge is 0.264 e. The summed E-state index contributed by atoms with van der Waals surface area (Å²) >= 11 is 4.94. The first-order chi connectivity index (χ1) is 12.3. The number of carbonyl (C=O) groups excluding carboxylic acids is 1. The summed E-state index contributed by atoms with van der Waals surface area (Å²) in [7, 11) is 3.99. The highest BCUT2D eigenvalue weighted by molar-refractivity contribution is 9.10. The number of carbonyl (C=O) groups is 1. The van der Waals surface area contributed by atoms with Gasteiger partial charge in [0.15, 0.2) is 5.17 Å². The number of anilines is 1. The van der Waals surface area contributed by atoms with E-state index in [1.807, 2.05) is 62.3 Å². The lowest BCUT2D eigenvalue weighted by Crippen LogP contribution is -2.19. The summed E-state index contributed by atoms with van der Waals surface area (Å²) < 4.78 is 0.990. The van der Waals surface area contributed by atoms with Crippen molar-refractivity contribution in [3.8, 4) is 0 Å². The van der Waals surface area contributed by atoms with Crippen LogP contribution in [0, 0.1) is 13.8 Å². The summed E-state index contributed by atoms with van der Waals surface area (Å²) in [5.74, 6) is -0.119. The number of halogens is 1. The van der Waals surface area contributed by atoms with Crippen LogP contribution in [0.3, 0.4) is 0 Å². The second kappa shape index (κ2) is 7.68. The number of amidine groups is 1. The molecule has 0 bridgehead atoms. The monoisotopic (exact) mass is 429 g/mol. The van der Waals surface area contributed by atoms with Crippen molar-refractivity contribution in [2.75, 3.05) is 19.0 Å². The summed E-state index contributed by atoms with van der Waals surface area (Å²) in [5, 5.41) is 3.45. The molecule has 0 unspecified atom stereocenters. The molecule has 0 radical (unpaired) electrons. The van der Waals surface area contributed by atoms with E-state index in [9.17, 15) is 4.79 Å². The number of aryl methyl sites for hydroxylation is 2. The van der Waals surface area contributed by atoms with Crippen molar-refractivity contribution in [3.63, 3.8) is 0 Å². The Morgan fingerprint density at radius 2 is 1.92 bits per heavy atom. The van der Waals surface area contributed by atoms with Crippen LogP contribution in [0.25, 0.3) is 6.08 Å². The van der Waals surface area contributed by atoms with E-state index in [1.54, 1.807) is 0 Å². The van der Waals surface area contributed by atoms with Crippen molar-refractivity contribution in [2.24, 2.45) is 4.99 Å². The van der Waals surface area contributed by atoms with Crippen molar-refractivity contribution in [3.05, 3.63) is 62.5 Å². The topological polar surface area (TPSA) is 44.7 Å². The van der Waals surface area contributed by atoms with Crippen LogP contribution in [0.4, 0.5) is 11.4 Å². The van der Waals surface area contributed by atoms with Gasteiger partial charge < -0.3 is 10.2 Å². The average molecular weight is 430 g/mol. The SMILES string of the molecule is Cc1ccc(N=C2NC(=O)/C(=C\c3ccc(N(C)C)c(Br)c3)S2)c(C)c1. The normalized spacial score (nSPS) is 17.0. The number of nitrogens with zero attached hydrogens (tertiary/aromatic N) is 2. The molecule has 2 aromatic rings. The maximum Gasteiger partial charge on any atom is 0.264 e. The van der Waals surface area contributed by atoms with Gasteiger partial charge >= 0.3 is 0 Å². The van der Waals surface area contributed by atoms with Crippen LogP contribution in [0.5, 0.6) is 0 Å². The summed E-state index contributed by atoms with van der Waals surface area (Å²) in [4.78, 5) is 19.5. The first kappa shape index (κ1) is 18.7. The van der Waals surface area contributed by atoms with E-state index in [2.05, 4.69) is 39.2 Å². The molecule has 0 aromatic heterocycles. The van der Waals surface area contributed by atoms with E-state index in [1.165, 1.54) is 17.3 Å². The lowest BCUT2D eigenvalue weighted by molar-refractivity contribution is -0.115. The van der Waals surface area contributed by atoms with Gasteiger partial charge in [0, 0.05) is 18.6 Å². The fourth-order valence-electron chi connectivity index (χ4n) is 2.65. The molecule has 0 saturated carbocycles. The Morgan fingerprint density at radius 3 is 2.58 bits per heavy atom. The van der Waals surface area contributed by atoms with E-state index in [0.717, 1.165) is 27.0 Å². The maximum atomic E-state index is 12.3. The lowest BCUT2D eigenvalue weighted by atomic mass is 10.1. The fourth-order valence-corrected chi connectivity index (χ4v) is 4.23. The van der Waals surface area contributed by atoms with E-state index >= 15 is 0 Å². The molecule has 1 N–H and O–H groups in total. The van der Waals surface area contributed by atoms with Crippen molar-refractivity contribution < 1.29 is 4.79 Å². The second-order valence-electron chi connectivity index (χ2n) is 6.38. The molecule has 26 heavy (non-hydrogen) atoms. The molecule has 2 aromatic carbocycles. The van der Waals surface area contributed by atoms with Crippen molar-refractivity contribution in [2.45, 2.75) is 13.8 Å². The molecule has 3 rings (SSSR count). The maximum absolute atomic E-state index is 12.3. The highest BCUT2D eigenvalue weighted by atomic mass is 79.9. The molecular weight excluding hydrogens is 410 g/mol. The Bertz CT molecular complexity index is 935. The Morgan fingerprint density at radius 1 is 1.15 bits per heavy atom. The largest absolute Gasteiger partial charge is 0.377 e. The number of thioether (sulfide) groups is 1. The van der Waals surface area contributed by atoms with Gasteiger partial charge in [-0.05, 0) is 76.9 Å². The fraction of sp³-hybridized carbons (Fsp3) is 0.200. The Labute approximate surface area is 166 Å². The Kier molecular flexibility index (Phi) is 5.53. The zero-order valence-electron chi connectivity index (χ0n) is 15.1. The van der Waals surface area contributed by atoms with Gasteiger partial charge in [0.05, 0.1) is 16.3 Å². The van der Waals surface area contributed by atoms with Gasteiger partial charge in [-0.15, -0.1) is 0 Å². The Balaban J connectivity index is 1.84. The van der Waals surface area contributed by atoms with Crippen LogP contribution < -0.4 is 10.2 Å². The second-order valence-corrected chi connectivity index (χ2v) is 8.26. The van der Waals surface area contributed by atoms with E-state index in [0.29, 0.717) is 10.1 Å². The minimum absolute atomic E-state index is 0.119. The van der Waals surface area contributed by atoms with Crippen LogP contribution in [-0.2, 0) is 4.79 Å². The molecule has 0 spiro atoms. The molecule has 1 fully saturated rings. The van der Waals surface area contributed by atoms with Crippen molar-refractivity contribution in [1.29, 1.82) is 0 Å². The molecule has 1 amide bonds.